The van der Waals surface area contributed by atoms with Gasteiger partial charge in [0.25, 0.3) is 5.91 Å². The third-order valence-corrected chi connectivity index (χ3v) is 5.09. The Hall–Kier alpha value is -2.79. The van der Waals surface area contributed by atoms with Gasteiger partial charge in [0.05, 0.1) is 7.11 Å². The van der Waals surface area contributed by atoms with E-state index in [2.05, 4.69) is 10.6 Å². The molecule has 0 radical (unpaired) electrons. The smallest absolute Gasteiger partial charge is 0.265 e. The van der Waals surface area contributed by atoms with E-state index >= 15 is 0 Å². The summed E-state index contributed by atoms with van der Waals surface area (Å²) >= 11 is 1.45. The fourth-order valence-electron chi connectivity index (χ4n) is 2.59. The van der Waals surface area contributed by atoms with E-state index in [1.807, 2.05) is 66.7 Å². The largest absolute Gasteiger partial charge is 0.495 e. The first-order valence-electron chi connectivity index (χ1n) is 8.58. The van der Waals surface area contributed by atoms with Crippen LogP contribution in [0.3, 0.4) is 0 Å². The first-order chi connectivity index (χ1) is 12.8. The molecule has 3 rings (SSSR count). The normalized spacial score (nSPS) is 10.3. The lowest BCUT2D eigenvalue weighted by atomic mass is 10.2. The number of ether oxygens (including phenoxy) is 1. The van der Waals surface area contributed by atoms with Gasteiger partial charge in [-0.25, -0.2) is 0 Å². The van der Waals surface area contributed by atoms with Crippen LogP contribution in [0.2, 0.25) is 0 Å². The van der Waals surface area contributed by atoms with Crippen LogP contribution in [0.25, 0.3) is 10.4 Å². The molecule has 0 spiro atoms. The average Bonchev–Trinajstić information content (AvgIpc) is 3.14. The van der Waals surface area contributed by atoms with E-state index in [0.29, 0.717) is 17.2 Å². The van der Waals surface area contributed by atoms with Gasteiger partial charge in [0.15, 0.2) is 0 Å². The molecule has 4 nitrogen and oxygen atoms in total. The Labute approximate surface area is 157 Å². The summed E-state index contributed by atoms with van der Waals surface area (Å²) in [4.78, 5) is 14.1. The molecule has 1 heterocycles. The van der Waals surface area contributed by atoms with Crippen molar-refractivity contribution in [3.05, 3.63) is 71.6 Å². The third-order valence-electron chi connectivity index (χ3n) is 3.92. The summed E-state index contributed by atoms with van der Waals surface area (Å²) in [6.45, 7) is 1.42. The summed E-state index contributed by atoms with van der Waals surface area (Å²) in [7, 11) is 1.59. The molecular formula is C21H22N2O2S. The van der Waals surface area contributed by atoms with Crippen LogP contribution in [-0.2, 0) is 0 Å². The highest BCUT2D eigenvalue weighted by Crippen LogP contribution is 2.36. The molecule has 0 saturated heterocycles. The second-order valence-corrected chi connectivity index (χ2v) is 6.83. The Morgan fingerprint density at radius 3 is 2.38 bits per heavy atom. The molecule has 0 saturated carbocycles. The summed E-state index contributed by atoms with van der Waals surface area (Å²) in [6, 6.07) is 22.0. The van der Waals surface area contributed by atoms with Gasteiger partial charge in [-0.2, -0.15) is 0 Å². The number of methoxy groups -OCH3 is 1. The molecule has 3 aromatic rings. The summed E-state index contributed by atoms with van der Waals surface area (Å²) < 4.78 is 5.39. The van der Waals surface area contributed by atoms with Gasteiger partial charge in [0.2, 0.25) is 0 Å². The lowest BCUT2D eigenvalue weighted by Gasteiger charge is -2.07. The van der Waals surface area contributed by atoms with Crippen molar-refractivity contribution in [2.45, 2.75) is 6.42 Å². The van der Waals surface area contributed by atoms with Crippen LogP contribution in [0.5, 0.6) is 5.75 Å². The molecule has 134 valence electrons. The molecule has 0 fully saturated rings. The monoisotopic (exact) mass is 366 g/mol. The van der Waals surface area contributed by atoms with E-state index in [0.717, 1.165) is 29.1 Å². The number of rotatable bonds is 8. The summed E-state index contributed by atoms with van der Waals surface area (Å²) in [5.74, 6) is 0.530. The maximum absolute atomic E-state index is 12.5. The number of amides is 1. The molecule has 0 bridgehead atoms. The zero-order chi connectivity index (χ0) is 18.2. The number of thiophene rings is 1. The summed E-state index contributed by atoms with van der Waals surface area (Å²) in [5, 5.41) is 6.31. The molecule has 0 aliphatic carbocycles. The van der Waals surface area contributed by atoms with Crippen LogP contribution in [0, 0.1) is 0 Å². The second kappa shape index (κ2) is 9.06. The molecule has 1 aromatic heterocycles. The topological polar surface area (TPSA) is 50.4 Å². The van der Waals surface area contributed by atoms with Crippen molar-refractivity contribution in [3.8, 4) is 16.2 Å². The zero-order valence-corrected chi connectivity index (χ0v) is 15.5. The van der Waals surface area contributed by atoms with E-state index in [4.69, 9.17) is 4.74 Å². The Bertz CT molecular complexity index is 832. The number of para-hydroxylation sites is 1. The lowest BCUT2D eigenvalue weighted by molar-refractivity contribution is 0.0955. The molecule has 0 aliphatic rings. The van der Waals surface area contributed by atoms with Gasteiger partial charge in [-0.05, 0) is 30.2 Å². The van der Waals surface area contributed by atoms with Gasteiger partial charge in [-0.15, -0.1) is 11.3 Å². The SMILES string of the molecule is COc1cc(-c2ccccc2)sc1C(=O)NCCCNc1ccccc1. The van der Waals surface area contributed by atoms with Crippen molar-refractivity contribution in [1.82, 2.24) is 5.32 Å². The maximum atomic E-state index is 12.5. The highest BCUT2D eigenvalue weighted by atomic mass is 32.1. The Morgan fingerprint density at radius 1 is 1.00 bits per heavy atom. The number of hydrogen-bond acceptors (Lipinski definition) is 4. The molecule has 0 atom stereocenters. The van der Waals surface area contributed by atoms with Gasteiger partial charge in [0.1, 0.15) is 10.6 Å². The minimum absolute atomic E-state index is 0.0891. The number of carbonyl (C=O) groups is 1. The van der Waals surface area contributed by atoms with E-state index in [-0.39, 0.29) is 5.91 Å². The Kier molecular flexibility index (Phi) is 6.28. The molecule has 0 unspecified atom stereocenters. The fourth-order valence-corrected chi connectivity index (χ4v) is 3.64. The van der Waals surface area contributed by atoms with E-state index in [9.17, 15) is 4.79 Å². The van der Waals surface area contributed by atoms with Crippen LogP contribution in [-0.4, -0.2) is 26.1 Å². The van der Waals surface area contributed by atoms with Crippen LogP contribution in [0.4, 0.5) is 5.69 Å². The van der Waals surface area contributed by atoms with Gasteiger partial charge >= 0.3 is 0 Å². The molecule has 2 N–H and O–H groups in total. The summed E-state index contributed by atoms with van der Waals surface area (Å²) in [6.07, 6.45) is 0.847. The number of benzene rings is 2. The van der Waals surface area contributed by atoms with Crippen LogP contribution in [0.15, 0.2) is 66.7 Å². The van der Waals surface area contributed by atoms with Gasteiger partial charge in [0, 0.05) is 23.7 Å². The Balaban J connectivity index is 1.53. The van der Waals surface area contributed by atoms with Gasteiger partial charge in [-0.1, -0.05) is 48.5 Å². The predicted octanol–water partition coefficient (Wildman–Crippen LogP) is 4.66. The quantitative estimate of drug-likeness (QED) is 0.570. The fraction of sp³-hybridized carbons (Fsp3) is 0.190. The minimum atomic E-state index is -0.0891. The zero-order valence-electron chi connectivity index (χ0n) is 14.7. The van der Waals surface area contributed by atoms with Gasteiger partial charge in [-0.3, -0.25) is 4.79 Å². The van der Waals surface area contributed by atoms with Crippen molar-refractivity contribution in [2.24, 2.45) is 0 Å². The number of anilines is 1. The third kappa shape index (κ3) is 4.64. The first-order valence-corrected chi connectivity index (χ1v) is 9.40. The number of hydrogen-bond donors (Lipinski definition) is 2. The highest BCUT2D eigenvalue weighted by Gasteiger charge is 2.17. The van der Waals surface area contributed by atoms with Crippen molar-refractivity contribution >= 4 is 22.9 Å². The van der Waals surface area contributed by atoms with Crippen LogP contribution >= 0.6 is 11.3 Å². The molecular weight excluding hydrogens is 344 g/mol. The molecule has 1 amide bonds. The van der Waals surface area contributed by atoms with Crippen LogP contribution in [0.1, 0.15) is 16.1 Å². The van der Waals surface area contributed by atoms with Crippen molar-refractivity contribution in [1.29, 1.82) is 0 Å². The van der Waals surface area contributed by atoms with Crippen molar-refractivity contribution < 1.29 is 9.53 Å². The van der Waals surface area contributed by atoms with Crippen LogP contribution < -0.4 is 15.4 Å². The minimum Gasteiger partial charge on any atom is -0.495 e. The Morgan fingerprint density at radius 2 is 1.69 bits per heavy atom. The first kappa shape index (κ1) is 18.0. The van der Waals surface area contributed by atoms with E-state index in [1.54, 1.807) is 7.11 Å². The van der Waals surface area contributed by atoms with E-state index in [1.165, 1.54) is 11.3 Å². The molecule has 2 aromatic carbocycles. The standard InChI is InChI=1S/C21H22N2O2S/c1-25-18-15-19(16-9-4-2-5-10-16)26-20(18)21(24)23-14-8-13-22-17-11-6-3-7-12-17/h2-7,9-12,15,22H,8,13-14H2,1H3,(H,23,24). The molecule has 26 heavy (non-hydrogen) atoms. The number of nitrogens with one attached hydrogen (secondary N) is 2. The lowest BCUT2D eigenvalue weighted by Crippen LogP contribution is -2.25. The highest BCUT2D eigenvalue weighted by molar-refractivity contribution is 7.17. The predicted molar refractivity (Wildman–Crippen MR) is 108 cm³/mol. The number of carbonyl (C=O) groups excluding carboxylic acids is 1. The summed E-state index contributed by atoms with van der Waals surface area (Å²) in [5.41, 5.74) is 2.17. The second-order valence-electron chi connectivity index (χ2n) is 5.78. The van der Waals surface area contributed by atoms with Gasteiger partial charge < -0.3 is 15.4 Å². The molecule has 0 aliphatic heterocycles. The van der Waals surface area contributed by atoms with Crippen molar-refractivity contribution in [2.75, 3.05) is 25.5 Å². The molecule has 5 heteroatoms. The average molecular weight is 366 g/mol. The van der Waals surface area contributed by atoms with E-state index < -0.39 is 0 Å². The van der Waals surface area contributed by atoms with Crippen molar-refractivity contribution in [3.63, 3.8) is 0 Å². The maximum Gasteiger partial charge on any atom is 0.265 e.